The highest BCUT2D eigenvalue weighted by Gasteiger charge is 2.39. The monoisotopic (exact) mass is 226 g/mol. The highest BCUT2D eigenvalue weighted by molar-refractivity contribution is 5.79. The van der Waals surface area contributed by atoms with Crippen molar-refractivity contribution in [1.82, 2.24) is 0 Å². The average Bonchev–Trinajstić information content (AvgIpc) is 2.16. The van der Waals surface area contributed by atoms with Gasteiger partial charge in [0, 0.05) is 5.56 Å². The maximum atomic E-state index is 13.6. The zero-order valence-electron chi connectivity index (χ0n) is 9.53. The minimum absolute atomic E-state index is 0.0381. The first-order chi connectivity index (χ1) is 7.38. The largest absolute Gasteiger partial charge is 0.479 e. The van der Waals surface area contributed by atoms with E-state index in [0.29, 0.717) is 0 Å². The van der Waals surface area contributed by atoms with E-state index in [-0.39, 0.29) is 11.7 Å². The van der Waals surface area contributed by atoms with Crippen molar-refractivity contribution < 1.29 is 19.0 Å². The van der Waals surface area contributed by atoms with Crippen LogP contribution in [-0.4, -0.2) is 17.2 Å². The molecule has 1 aromatic carbocycles. The summed E-state index contributed by atoms with van der Waals surface area (Å²) in [5, 5.41) is 9.17. The van der Waals surface area contributed by atoms with Crippen molar-refractivity contribution in [2.24, 2.45) is 0 Å². The maximum absolute atomic E-state index is 13.6. The fraction of sp³-hybridized carbons (Fsp3) is 0.417. The Hall–Kier alpha value is -1.42. The molecule has 0 radical (unpaired) electrons. The van der Waals surface area contributed by atoms with Gasteiger partial charge < -0.3 is 9.84 Å². The summed E-state index contributed by atoms with van der Waals surface area (Å²) in [6.45, 7) is 4.78. The van der Waals surface area contributed by atoms with Gasteiger partial charge in [-0.25, -0.2) is 9.18 Å². The molecule has 0 aliphatic rings. The standard InChI is InChI=1S/C12H15FO3/c1-8(2)16-12(3,11(14)15)9-6-4-5-7-10(9)13/h4-8H,1-3H3,(H,14,15). The van der Waals surface area contributed by atoms with E-state index in [0.717, 1.165) is 0 Å². The minimum atomic E-state index is -1.65. The first-order valence-corrected chi connectivity index (χ1v) is 5.04. The number of benzene rings is 1. The number of carboxylic acid groups (broad SMARTS) is 1. The molecular weight excluding hydrogens is 211 g/mol. The lowest BCUT2D eigenvalue weighted by atomic mass is 9.95. The summed E-state index contributed by atoms with van der Waals surface area (Å²) in [6, 6.07) is 5.74. The van der Waals surface area contributed by atoms with Gasteiger partial charge >= 0.3 is 5.97 Å². The molecule has 0 bridgehead atoms. The normalized spacial score (nSPS) is 14.8. The van der Waals surface area contributed by atoms with Crippen LogP contribution in [0.25, 0.3) is 0 Å². The lowest BCUT2D eigenvalue weighted by Gasteiger charge is -2.28. The number of aliphatic carboxylic acids is 1. The third-order valence-corrected chi connectivity index (χ3v) is 2.27. The Balaban J connectivity index is 3.22. The van der Waals surface area contributed by atoms with Gasteiger partial charge in [-0.3, -0.25) is 0 Å². The second-order valence-corrected chi connectivity index (χ2v) is 3.98. The number of carboxylic acids is 1. The van der Waals surface area contributed by atoms with E-state index in [1.807, 2.05) is 0 Å². The molecule has 0 spiro atoms. The SMILES string of the molecule is CC(C)OC(C)(C(=O)O)c1ccccc1F. The number of carbonyl (C=O) groups is 1. The molecule has 0 saturated heterocycles. The fourth-order valence-electron chi connectivity index (χ4n) is 1.55. The molecule has 1 rings (SSSR count). The highest BCUT2D eigenvalue weighted by atomic mass is 19.1. The van der Waals surface area contributed by atoms with Crippen LogP contribution >= 0.6 is 0 Å². The minimum Gasteiger partial charge on any atom is -0.479 e. The molecule has 0 fully saturated rings. The molecule has 1 aromatic rings. The molecule has 0 saturated carbocycles. The molecule has 88 valence electrons. The number of halogens is 1. The summed E-state index contributed by atoms with van der Waals surface area (Å²) in [5.41, 5.74) is -1.62. The third-order valence-electron chi connectivity index (χ3n) is 2.27. The van der Waals surface area contributed by atoms with Gasteiger partial charge in [-0.1, -0.05) is 18.2 Å². The van der Waals surface area contributed by atoms with Crippen LogP contribution in [0.1, 0.15) is 26.3 Å². The molecule has 1 unspecified atom stereocenters. The van der Waals surface area contributed by atoms with Gasteiger partial charge in [0.15, 0.2) is 5.60 Å². The molecule has 0 aliphatic carbocycles. The van der Waals surface area contributed by atoms with E-state index in [1.54, 1.807) is 19.9 Å². The van der Waals surface area contributed by atoms with Gasteiger partial charge in [-0.2, -0.15) is 0 Å². The van der Waals surface area contributed by atoms with Crippen molar-refractivity contribution >= 4 is 5.97 Å². The Bertz CT molecular complexity index is 390. The van der Waals surface area contributed by atoms with Gasteiger partial charge in [0.05, 0.1) is 6.10 Å². The van der Waals surface area contributed by atoms with Gasteiger partial charge in [-0.05, 0) is 26.8 Å². The van der Waals surface area contributed by atoms with Gasteiger partial charge in [-0.15, -0.1) is 0 Å². The molecule has 3 nitrogen and oxygen atoms in total. The smallest absolute Gasteiger partial charge is 0.340 e. The average molecular weight is 226 g/mol. The van der Waals surface area contributed by atoms with Crippen LogP contribution in [0.15, 0.2) is 24.3 Å². The lowest BCUT2D eigenvalue weighted by Crippen LogP contribution is -2.38. The molecule has 4 heteroatoms. The predicted molar refractivity (Wildman–Crippen MR) is 57.6 cm³/mol. The Morgan fingerprint density at radius 2 is 2.00 bits per heavy atom. The zero-order chi connectivity index (χ0) is 12.3. The van der Waals surface area contributed by atoms with Crippen LogP contribution in [0.3, 0.4) is 0 Å². The maximum Gasteiger partial charge on any atom is 0.340 e. The first kappa shape index (κ1) is 12.6. The van der Waals surface area contributed by atoms with Crippen LogP contribution in [0.5, 0.6) is 0 Å². The molecule has 0 amide bonds. The lowest BCUT2D eigenvalue weighted by molar-refractivity contribution is -0.171. The Morgan fingerprint density at radius 1 is 1.44 bits per heavy atom. The summed E-state index contributed by atoms with van der Waals surface area (Å²) < 4.78 is 18.9. The molecule has 0 aromatic heterocycles. The summed E-state index contributed by atoms with van der Waals surface area (Å²) in [4.78, 5) is 11.2. The van der Waals surface area contributed by atoms with Crippen LogP contribution in [0.2, 0.25) is 0 Å². The van der Waals surface area contributed by atoms with Crippen LogP contribution in [0.4, 0.5) is 4.39 Å². The van der Waals surface area contributed by atoms with E-state index in [9.17, 15) is 9.18 Å². The molecule has 1 N–H and O–H groups in total. The van der Waals surface area contributed by atoms with E-state index in [1.165, 1.54) is 25.1 Å². The van der Waals surface area contributed by atoms with Crippen LogP contribution in [-0.2, 0) is 15.1 Å². The molecule has 0 aliphatic heterocycles. The number of hydrogen-bond donors (Lipinski definition) is 1. The van der Waals surface area contributed by atoms with Crippen molar-refractivity contribution in [3.8, 4) is 0 Å². The highest BCUT2D eigenvalue weighted by Crippen LogP contribution is 2.29. The summed E-state index contributed by atoms with van der Waals surface area (Å²) in [7, 11) is 0. The van der Waals surface area contributed by atoms with Gasteiger partial charge in [0.25, 0.3) is 0 Å². The van der Waals surface area contributed by atoms with Crippen LogP contribution < -0.4 is 0 Å². The van der Waals surface area contributed by atoms with E-state index >= 15 is 0 Å². The Labute approximate surface area is 93.9 Å². The van der Waals surface area contributed by atoms with E-state index < -0.39 is 17.4 Å². The summed E-state index contributed by atoms with van der Waals surface area (Å²) in [6.07, 6.45) is -0.305. The fourth-order valence-corrected chi connectivity index (χ4v) is 1.55. The molecule has 1 atom stereocenters. The van der Waals surface area contributed by atoms with Gasteiger partial charge in [0.1, 0.15) is 5.82 Å². The van der Waals surface area contributed by atoms with Crippen molar-refractivity contribution in [2.45, 2.75) is 32.5 Å². The van der Waals surface area contributed by atoms with Crippen LogP contribution in [0, 0.1) is 5.82 Å². The Morgan fingerprint density at radius 3 is 2.44 bits per heavy atom. The quantitative estimate of drug-likeness (QED) is 0.858. The number of ether oxygens (including phenoxy) is 1. The summed E-state index contributed by atoms with van der Waals surface area (Å²) in [5.74, 6) is -1.78. The number of hydrogen-bond acceptors (Lipinski definition) is 2. The van der Waals surface area contributed by atoms with Gasteiger partial charge in [0.2, 0.25) is 0 Å². The second-order valence-electron chi connectivity index (χ2n) is 3.98. The summed E-state index contributed by atoms with van der Waals surface area (Å²) >= 11 is 0. The van der Waals surface area contributed by atoms with Crippen molar-refractivity contribution in [3.05, 3.63) is 35.6 Å². The molecule has 16 heavy (non-hydrogen) atoms. The topological polar surface area (TPSA) is 46.5 Å². The van der Waals surface area contributed by atoms with E-state index in [4.69, 9.17) is 9.84 Å². The second kappa shape index (κ2) is 4.61. The van der Waals surface area contributed by atoms with Crippen molar-refractivity contribution in [1.29, 1.82) is 0 Å². The molecular formula is C12H15FO3. The molecule has 0 heterocycles. The predicted octanol–water partition coefficient (Wildman–Crippen LogP) is 2.55. The van der Waals surface area contributed by atoms with Crippen molar-refractivity contribution in [2.75, 3.05) is 0 Å². The zero-order valence-corrected chi connectivity index (χ0v) is 9.53. The van der Waals surface area contributed by atoms with E-state index in [2.05, 4.69) is 0 Å². The first-order valence-electron chi connectivity index (χ1n) is 5.04. The van der Waals surface area contributed by atoms with Crippen molar-refractivity contribution in [3.63, 3.8) is 0 Å². The number of rotatable bonds is 4. The third kappa shape index (κ3) is 2.39. The Kier molecular flexibility index (Phi) is 3.65.